The highest BCUT2D eigenvalue weighted by Crippen LogP contribution is 2.55. The number of quaternary nitrogens is 1. The van der Waals surface area contributed by atoms with Gasteiger partial charge in [-0.05, 0) is 48.5 Å². The van der Waals surface area contributed by atoms with Gasteiger partial charge in [-0.1, -0.05) is 4.48 Å². The summed E-state index contributed by atoms with van der Waals surface area (Å²) in [6.45, 7) is -1.11. The molecule has 1 aliphatic heterocycles. The number of amidine groups is 1. The van der Waals surface area contributed by atoms with Crippen LogP contribution in [-0.4, -0.2) is 36.6 Å². The highest BCUT2D eigenvalue weighted by atomic mass is 19.4. The van der Waals surface area contributed by atoms with Crippen LogP contribution in [0.25, 0.3) is 11.4 Å². The van der Waals surface area contributed by atoms with Crippen LogP contribution in [0.2, 0.25) is 0 Å². The third-order valence-corrected chi connectivity index (χ3v) is 4.61. The van der Waals surface area contributed by atoms with Gasteiger partial charge >= 0.3 is 12.6 Å². The number of halogens is 7. The lowest BCUT2D eigenvalue weighted by Gasteiger charge is -2.37. The summed E-state index contributed by atoms with van der Waals surface area (Å²) in [7, 11) is 1.30. The average molecular weight is 434 g/mol. The van der Waals surface area contributed by atoms with Gasteiger partial charge in [-0.15, -0.1) is 26.3 Å². The van der Waals surface area contributed by atoms with Gasteiger partial charge < -0.3 is 10.5 Å². The molecule has 0 aromatic heterocycles. The van der Waals surface area contributed by atoms with E-state index in [0.717, 1.165) is 36.4 Å². The van der Waals surface area contributed by atoms with Crippen molar-refractivity contribution in [3.63, 3.8) is 0 Å². The number of benzene rings is 2. The fraction of sp³-hybridized carbons (Fsp3) is 0.211. The molecule has 2 aromatic rings. The molecule has 1 aliphatic rings. The second-order valence-corrected chi connectivity index (χ2v) is 6.27. The second-order valence-electron chi connectivity index (χ2n) is 6.27. The maximum absolute atomic E-state index is 14.2. The molecule has 0 saturated carbocycles. The van der Waals surface area contributed by atoms with Gasteiger partial charge in [0.05, 0.1) is 13.7 Å². The lowest BCUT2D eigenvalue weighted by molar-refractivity contribution is -0.990. The summed E-state index contributed by atoms with van der Waals surface area (Å²) in [6, 6.07) is 8.53. The molecular weight excluding hydrogens is 419 g/mol. The number of nitrogens with two attached hydrogens (primary N) is 1. The summed E-state index contributed by atoms with van der Waals surface area (Å²) < 4.78 is 99.8. The molecule has 30 heavy (non-hydrogen) atoms. The Bertz CT molecular complexity index is 977. The quantitative estimate of drug-likeness (QED) is 0.423. The number of nitrogens with zero attached hydrogens (tertiary/aromatic N) is 2. The van der Waals surface area contributed by atoms with Crippen LogP contribution in [-0.2, 0) is 0 Å². The molecule has 0 radical (unpaired) electrons. The molecule has 0 saturated heterocycles. The van der Waals surface area contributed by atoms with Gasteiger partial charge in [-0.25, -0.2) is 4.39 Å². The molecule has 2 N–H and O–H groups in total. The van der Waals surface area contributed by atoms with Crippen molar-refractivity contribution in [3.05, 3.63) is 65.5 Å². The smallest absolute Gasteiger partial charge is 0.497 e. The lowest BCUT2D eigenvalue weighted by Crippen LogP contribution is -2.67. The molecule has 160 valence electrons. The monoisotopic (exact) mass is 434 g/mol. The Kier molecular flexibility index (Phi) is 5.37. The van der Waals surface area contributed by atoms with E-state index in [1.165, 1.54) is 19.2 Å². The standard InChI is InChI=1S/C19H15F7N3O/c1-30-14-8-4-12(5-9-14)17-16(11-2-6-13(20)7-3-11)28-15(10-27)29(17,18(21,22)23)19(24,25)26/h2-9H,10,27H2,1H3/q+1. The van der Waals surface area contributed by atoms with Gasteiger partial charge in [0.25, 0.3) is 0 Å². The SMILES string of the molecule is COc1ccc(C2=C(c3ccc(F)cc3)N=C(CN)[N+]2(C(F)(F)F)C(F)(F)F)cc1. The van der Waals surface area contributed by atoms with E-state index < -0.39 is 52.2 Å². The Morgan fingerprint density at radius 1 is 0.867 bits per heavy atom. The van der Waals surface area contributed by atoms with Crippen molar-refractivity contribution in [3.8, 4) is 5.75 Å². The zero-order valence-corrected chi connectivity index (χ0v) is 15.4. The lowest BCUT2D eigenvalue weighted by atomic mass is 10.0. The van der Waals surface area contributed by atoms with Crippen LogP contribution < -0.4 is 10.5 Å². The third-order valence-electron chi connectivity index (χ3n) is 4.61. The highest BCUT2D eigenvalue weighted by molar-refractivity contribution is 6.02. The summed E-state index contributed by atoms with van der Waals surface area (Å²) in [5.74, 6) is -1.82. The molecule has 0 spiro atoms. The molecule has 0 atom stereocenters. The minimum Gasteiger partial charge on any atom is -0.497 e. The molecule has 1 heterocycles. The predicted molar refractivity (Wildman–Crippen MR) is 95.1 cm³/mol. The van der Waals surface area contributed by atoms with E-state index >= 15 is 0 Å². The van der Waals surface area contributed by atoms with Crippen LogP contribution in [0.15, 0.2) is 53.5 Å². The number of hydrogen-bond acceptors (Lipinski definition) is 3. The summed E-state index contributed by atoms with van der Waals surface area (Å²) in [5, 5.41) is 0. The number of alkyl halides is 6. The Morgan fingerprint density at radius 3 is 1.80 bits per heavy atom. The van der Waals surface area contributed by atoms with E-state index in [-0.39, 0.29) is 11.3 Å². The first-order valence-electron chi connectivity index (χ1n) is 8.43. The van der Waals surface area contributed by atoms with Crippen LogP contribution in [0.1, 0.15) is 11.1 Å². The van der Waals surface area contributed by atoms with Crippen LogP contribution in [0.3, 0.4) is 0 Å². The van der Waals surface area contributed by atoms with Crippen molar-refractivity contribution in [1.29, 1.82) is 0 Å². The summed E-state index contributed by atoms with van der Waals surface area (Å²) >= 11 is 0. The summed E-state index contributed by atoms with van der Waals surface area (Å²) in [5.41, 5.74) is 3.01. The predicted octanol–water partition coefficient (Wildman–Crippen LogP) is 4.89. The van der Waals surface area contributed by atoms with Crippen molar-refractivity contribution >= 4 is 17.2 Å². The van der Waals surface area contributed by atoms with Crippen molar-refractivity contribution in [1.82, 2.24) is 0 Å². The summed E-state index contributed by atoms with van der Waals surface area (Å²) in [6.07, 6.45) is -11.7. The number of rotatable bonds is 4. The van der Waals surface area contributed by atoms with Crippen molar-refractivity contribution < 1.29 is 40.0 Å². The van der Waals surface area contributed by atoms with E-state index in [1.54, 1.807) is 0 Å². The fourth-order valence-electron chi connectivity index (χ4n) is 3.31. The molecule has 4 nitrogen and oxygen atoms in total. The Labute approximate surface area is 166 Å². The number of aliphatic imine (C=N–C) groups is 1. The second kappa shape index (κ2) is 7.40. The zero-order chi connectivity index (χ0) is 22.3. The molecule has 11 heteroatoms. The van der Waals surface area contributed by atoms with Gasteiger partial charge in [0.15, 0.2) is 5.70 Å². The first kappa shape index (κ1) is 21.8. The minimum absolute atomic E-state index is 0.123. The summed E-state index contributed by atoms with van der Waals surface area (Å²) in [4.78, 5) is 3.64. The number of hydrogen-bond donors (Lipinski definition) is 1. The minimum atomic E-state index is -5.85. The maximum atomic E-state index is 14.2. The van der Waals surface area contributed by atoms with Crippen LogP contribution in [0.5, 0.6) is 5.75 Å². The zero-order valence-electron chi connectivity index (χ0n) is 15.4. The van der Waals surface area contributed by atoms with Gasteiger partial charge in [0, 0.05) is 11.1 Å². The third kappa shape index (κ3) is 3.23. The normalized spacial score (nSPS) is 16.6. The number of methoxy groups -OCH3 is 1. The molecular formula is C19H15F7N3O+. The van der Waals surface area contributed by atoms with E-state index in [4.69, 9.17) is 10.5 Å². The van der Waals surface area contributed by atoms with E-state index in [1.807, 2.05) is 0 Å². The fourth-order valence-corrected chi connectivity index (χ4v) is 3.31. The first-order valence-corrected chi connectivity index (χ1v) is 8.43. The Hall–Kier alpha value is -2.92. The molecule has 3 rings (SSSR count). The van der Waals surface area contributed by atoms with Gasteiger partial charge in [0.1, 0.15) is 17.3 Å². The van der Waals surface area contributed by atoms with E-state index in [9.17, 15) is 30.7 Å². The van der Waals surface area contributed by atoms with Crippen molar-refractivity contribution in [2.24, 2.45) is 10.7 Å². The van der Waals surface area contributed by atoms with Crippen LogP contribution in [0, 0.1) is 5.82 Å². The first-order chi connectivity index (χ1) is 14.0. The van der Waals surface area contributed by atoms with Crippen molar-refractivity contribution in [2.45, 2.75) is 12.6 Å². The van der Waals surface area contributed by atoms with Crippen LogP contribution >= 0.6 is 0 Å². The number of ether oxygens (including phenoxy) is 1. The van der Waals surface area contributed by atoms with Crippen molar-refractivity contribution in [2.75, 3.05) is 13.7 Å². The molecule has 0 unspecified atom stereocenters. The van der Waals surface area contributed by atoms with Crippen LogP contribution in [0.4, 0.5) is 30.7 Å². The molecule has 2 aromatic carbocycles. The average Bonchev–Trinajstić information content (AvgIpc) is 3.05. The topological polar surface area (TPSA) is 47.6 Å². The maximum Gasteiger partial charge on any atom is 0.579 e. The van der Waals surface area contributed by atoms with Gasteiger partial charge in [0.2, 0.25) is 5.84 Å². The Balaban J connectivity index is 2.44. The van der Waals surface area contributed by atoms with Gasteiger partial charge in [-0.2, -0.15) is 4.99 Å². The Morgan fingerprint density at radius 2 is 1.37 bits per heavy atom. The molecule has 0 aliphatic carbocycles. The van der Waals surface area contributed by atoms with E-state index in [2.05, 4.69) is 4.99 Å². The largest absolute Gasteiger partial charge is 0.579 e. The molecule has 0 bridgehead atoms. The molecule has 0 amide bonds. The highest BCUT2D eigenvalue weighted by Gasteiger charge is 2.79. The van der Waals surface area contributed by atoms with Gasteiger partial charge in [-0.3, -0.25) is 0 Å². The van der Waals surface area contributed by atoms with E-state index in [0.29, 0.717) is 0 Å². The molecule has 0 fully saturated rings.